The molecular weight excluding hydrogens is 284 g/mol. The Kier molecular flexibility index (Phi) is 3.61. The summed E-state index contributed by atoms with van der Waals surface area (Å²) in [5.41, 5.74) is 7.41. The van der Waals surface area contributed by atoms with Gasteiger partial charge in [-0.3, -0.25) is 0 Å². The fourth-order valence-corrected chi connectivity index (χ4v) is 4.24. The highest BCUT2D eigenvalue weighted by Gasteiger charge is 2.37. The van der Waals surface area contributed by atoms with Gasteiger partial charge in [0.2, 0.25) is 0 Å². The maximum atomic E-state index is 12.8. The minimum Gasteiger partial charge on any atom is -0.339 e. The van der Waals surface area contributed by atoms with Gasteiger partial charge in [-0.2, -0.15) is 0 Å². The van der Waals surface area contributed by atoms with Crippen LogP contribution in [0.1, 0.15) is 11.6 Å². The van der Waals surface area contributed by atoms with Crippen LogP contribution >= 0.6 is 0 Å². The zero-order valence-corrected chi connectivity index (χ0v) is 12.9. The van der Waals surface area contributed by atoms with E-state index in [0.29, 0.717) is 24.0 Å². The van der Waals surface area contributed by atoms with Crippen molar-refractivity contribution >= 4 is 15.6 Å². The zero-order valence-electron chi connectivity index (χ0n) is 12.1. The Labute approximate surface area is 125 Å². The summed E-state index contributed by atoms with van der Waals surface area (Å²) in [5, 5.41) is 0.539. The Hall–Kier alpha value is -1.63. The highest BCUT2D eigenvalue weighted by molar-refractivity contribution is 7.98. The van der Waals surface area contributed by atoms with E-state index in [1.54, 1.807) is 17.1 Å². The van der Waals surface area contributed by atoms with Crippen LogP contribution in [0.3, 0.4) is 0 Å². The first-order valence-electron chi connectivity index (χ1n) is 6.89. The third kappa shape index (κ3) is 2.62. The molecule has 1 aromatic carbocycles. The average molecular weight is 304 g/mol. The summed E-state index contributed by atoms with van der Waals surface area (Å²) in [5.74, 6) is 4.18. The summed E-state index contributed by atoms with van der Waals surface area (Å²) >= 11 is 0. The van der Waals surface area contributed by atoms with Crippen LogP contribution in [-0.4, -0.2) is 37.0 Å². The molecule has 0 amide bonds. The van der Waals surface area contributed by atoms with Gasteiger partial charge in [-0.05, 0) is 11.4 Å². The largest absolute Gasteiger partial charge is 0.339 e. The summed E-state index contributed by atoms with van der Waals surface area (Å²) in [7, 11) is -0.627. The molecule has 1 aromatic heterocycles. The second-order valence-electron chi connectivity index (χ2n) is 5.56. The van der Waals surface area contributed by atoms with E-state index < -0.39 is 9.71 Å². The average Bonchev–Trinajstić information content (AvgIpc) is 2.85. The van der Waals surface area contributed by atoms with E-state index in [9.17, 15) is 4.21 Å². The minimum atomic E-state index is -2.48. The van der Waals surface area contributed by atoms with Gasteiger partial charge in [0.1, 0.15) is 0 Å². The van der Waals surface area contributed by atoms with Crippen molar-refractivity contribution in [3.63, 3.8) is 0 Å². The van der Waals surface area contributed by atoms with Crippen LogP contribution in [0, 0.1) is 5.92 Å². The van der Waals surface area contributed by atoms with Gasteiger partial charge in [0.15, 0.2) is 5.03 Å². The Morgan fingerprint density at radius 1 is 1.38 bits per heavy atom. The number of hydrogen-bond acceptors (Lipinski definition) is 3. The van der Waals surface area contributed by atoms with Crippen molar-refractivity contribution in [2.24, 2.45) is 18.7 Å². The van der Waals surface area contributed by atoms with Crippen LogP contribution in [-0.2, 0) is 16.8 Å². The first kappa shape index (κ1) is 14.3. The Bertz CT molecular complexity index is 717. The molecule has 1 fully saturated rings. The highest BCUT2D eigenvalue weighted by atomic mass is 32.2. The second kappa shape index (κ2) is 5.29. The van der Waals surface area contributed by atoms with Crippen LogP contribution in [0.25, 0.3) is 0 Å². The van der Waals surface area contributed by atoms with Crippen molar-refractivity contribution < 1.29 is 4.21 Å². The quantitative estimate of drug-likeness (QED) is 0.859. The number of hydrogen-bond donors (Lipinski definition) is 1. The molecule has 5 nitrogen and oxygen atoms in total. The number of nitrogens with two attached hydrogens (primary N) is 1. The van der Waals surface area contributed by atoms with Gasteiger partial charge >= 0.3 is 0 Å². The topological polar surface area (TPSA) is 64.2 Å². The van der Waals surface area contributed by atoms with E-state index in [1.165, 1.54) is 0 Å². The van der Waals surface area contributed by atoms with E-state index in [4.69, 9.17) is 5.73 Å². The van der Waals surface area contributed by atoms with Crippen molar-refractivity contribution in [1.29, 1.82) is 0 Å². The van der Waals surface area contributed by atoms with E-state index in [0.717, 1.165) is 5.56 Å². The predicted molar refractivity (Wildman–Crippen MR) is 85.2 cm³/mol. The molecular formula is C15H20N4OS. The van der Waals surface area contributed by atoms with Gasteiger partial charge in [0, 0.05) is 38.3 Å². The lowest BCUT2D eigenvalue weighted by Gasteiger charge is -2.43. The summed E-state index contributed by atoms with van der Waals surface area (Å²) < 4.78 is 16.4. The van der Waals surface area contributed by atoms with E-state index in [1.807, 2.05) is 41.7 Å². The smallest absolute Gasteiger partial charge is 0.150 e. The lowest BCUT2D eigenvalue weighted by Crippen LogP contribution is -2.53. The van der Waals surface area contributed by atoms with Gasteiger partial charge in [0.25, 0.3) is 0 Å². The van der Waals surface area contributed by atoms with E-state index >= 15 is 0 Å². The van der Waals surface area contributed by atoms with Crippen LogP contribution < -0.4 is 5.73 Å². The van der Waals surface area contributed by atoms with Crippen LogP contribution in [0.5, 0.6) is 0 Å². The molecule has 0 saturated carbocycles. The number of aromatic nitrogens is 2. The molecule has 2 N–H and O–H groups in total. The summed E-state index contributed by atoms with van der Waals surface area (Å²) in [6.07, 6.45) is 3.41. The third-order valence-electron chi connectivity index (χ3n) is 3.99. The van der Waals surface area contributed by atoms with Crippen LogP contribution in [0.2, 0.25) is 0 Å². The van der Waals surface area contributed by atoms with Crippen molar-refractivity contribution in [1.82, 2.24) is 13.9 Å². The van der Waals surface area contributed by atoms with E-state index in [2.05, 4.69) is 10.9 Å². The third-order valence-corrected chi connectivity index (χ3v) is 5.99. The van der Waals surface area contributed by atoms with Crippen molar-refractivity contribution in [3.8, 4) is 0 Å². The number of imidazole rings is 1. The SMILES string of the molecule is C=S(=O)(c1cn(C)cn1)N1CC(C(N)c2ccccc2)C1. The maximum absolute atomic E-state index is 12.8. The molecule has 21 heavy (non-hydrogen) atoms. The molecule has 1 aliphatic heterocycles. The standard InChI is InChI=1S/C15H20N4OS/c1-18-10-14(17-11-18)21(2,20)19-8-13(9-19)15(16)12-6-4-3-5-7-12/h3-7,10-11,13,15H,2,8-9,16H2,1H3. The molecule has 2 aromatic rings. The molecule has 2 atom stereocenters. The monoisotopic (exact) mass is 304 g/mol. The molecule has 0 aliphatic carbocycles. The fourth-order valence-electron chi connectivity index (χ4n) is 2.57. The van der Waals surface area contributed by atoms with Gasteiger partial charge in [-0.15, -0.1) is 0 Å². The Balaban J connectivity index is 1.68. The van der Waals surface area contributed by atoms with Gasteiger partial charge in [0.05, 0.1) is 16.0 Å². The summed E-state index contributed by atoms with van der Waals surface area (Å²) in [4.78, 5) is 4.17. The molecule has 2 unspecified atom stereocenters. The minimum absolute atomic E-state index is 0.0265. The summed E-state index contributed by atoms with van der Waals surface area (Å²) in [6, 6.07) is 10.0. The molecule has 3 rings (SSSR count). The number of aryl methyl sites for hydroxylation is 1. The molecule has 1 saturated heterocycles. The lowest BCUT2D eigenvalue weighted by atomic mass is 9.89. The molecule has 0 spiro atoms. The van der Waals surface area contributed by atoms with E-state index in [-0.39, 0.29) is 6.04 Å². The van der Waals surface area contributed by atoms with Crippen molar-refractivity contribution in [3.05, 3.63) is 48.4 Å². The normalized spacial score (nSPS) is 20.7. The molecule has 6 heteroatoms. The Morgan fingerprint density at radius 2 is 2.05 bits per heavy atom. The number of benzene rings is 1. The molecule has 1 aliphatic rings. The molecule has 112 valence electrons. The highest BCUT2D eigenvalue weighted by Crippen LogP contribution is 2.31. The van der Waals surface area contributed by atoms with Gasteiger partial charge < -0.3 is 10.3 Å². The van der Waals surface area contributed by atoms with Crippen molar-refractivity contribution in [2.45, 2.75) is 11.1 Å². The lowest BCUT2D eigenvalue weighted by molar-refractivity contribution is 0.178. The second-order valence-corrected chi connectivity index (χ2v) is 7.78. The predicted octanol–water partition coefficient (Wildman–Crippen LogP) is 1.04. The zero-order chi connectivity index (χ0) is 15.0. The number of rotatable bonds is 4. The van der Waals surface area contributed by atoms with Crippen LogP contribution in [0.4, 0.5) is 0 Å². The van der Waals surface area contributed by atoms with Crippen LogP contribution in [0.15, 0.2) is 47.9 Å². The first-order chi connectivity index (χ1) is 9.98. The fraction of sp³-hybridized carbons (Fsp3) is 0.333. The molecule has 0 radical (unpaired) electrons. The summed E-state index contributed by atoms with van der Waals surface area (Å²) in [6.45, 7) is 1.38. The Morgan fingerprint density at radius 3 is 2.62 bits per heavy atom. The van der Waals surface area contributed by atoms with Crippen molar-refractivity contribution in [2.75, 3.05) is 13.1 Å². The number of nitrogens with zero attached hydrogens (tertiary/aromatic N) is 3. The first-order valence-corrected chi connectivity index (χ1v) is 8.58. The molecule has 0 bridgehead atoms. The van der Waals surface area contributed by atoms with Gasteiger partial charge in [-0.1, -0.05) is 30.3 Å². The maximum Gasteiger partial charge on any atom is 0.150 e. The molecule has 2 heterocycles. The van der Waals surface area contributed by atoms with Gasteiger partial charge in [-0.25, -0.2) is 13.5 Å².